The molecular formula is C45H60FN9O5. The molecule has 0 radical (unpaired) electrons. The standard InChI is InChI=1S/C45H60FN9O5/c1-28-24-31(41(57)48-32-15-18-34(19-16-32)55(5)6)14-21-36(28)45(22-8-7-9-23-45)26-38(42(58)49-33-17-20-35(37(46)25-33)39-51-53-54-52-39)50-40(56)30-12-10-29(11-13-30)27-47-43(59)60-44(2,3)4/h7-9,14,17,20-22,24-25,29-30,32,34,38H,10-13,15-16,18-19,23,26-27H2,1-6H3,(H,47,59)(H,48,57)(H,49,58)(H,50,56)(H,51,52,53,54)/t29?,30?,32?,34?,38-,45?/m0/s1. The number of benzene rings is 2. The number of hydrogen-bond donors (Lipinski definition) is 5. The molecule has 322 valence electrons. The van der Waals surface area contributed by atoms with Gasteiger partial charge in [-0.25, -0.2) is 9.18 Å². The zero-order valence-electron chi connectivity index (χ0n) is 35.6. The molecule has 1 aromatic heterocycles. The van der Waals surface area contributed by atoms with Gasteiger partial charge in [0.25, 0.3) is 5.91 Å². The molecular weight excluding hydrogens is 766 g/mol. The van der Waals surface area contributed by atoms with E-state index in [2.05, 4.69) is 67.0 Å². The van der Waals surface area contributed by atoms with Crippen molar-refractivity contribution in [2.24, 2.45) is 11.8 Å². The van der Waals surface area contributed by atoms with Gasteiger partial charge in [0, 0.05) is 41.2 Å². The summed E-state index contributed by atoms with van der Waals surface area (Å²) < 4.78 is 20.6. The first kappa shape index (κ1) is 44.1. The molecule has 3 aliphatic rings. The van der Waals surface area contributed by atoms with Crippen LogP contribution in [-0.4, -0.2) is 93.7 Å². The molecule has 14 nitrogen and oxygen atoms in total. The summed E-state index contributed by atoms with van der Waals surface area (Å²) in [6, 6.07) is 9.56. The summed E-state index contributed by atoms with van der Waals surface area (Å²) in [5.41, 5.74) is 1.41. The summed E-state index contributed by atoms with van der Waals surface area (Å²) >= 11 is 0. The van der Waals surface area contributed by atoms with Crippen LogP contribution in [-0.2, 0) is 19.7 Å². The summed E-state index contributed by atoms with van der Waals surface area (Å²) in [5.74, 6) is -1.55. The van der Waals surface area contributed by atoms with Gasteiger partial charge in [0.05, 0.1) is 5.56 Å². The van der Waals surface area contributed by atoms with Crippen molar-refractivity contribution in [3.05, 3.63) is 83.2 Å². The summed E-state index contributed by atoms with van der Waals surface area (Å²) in [5, 5.41) is 25.6. The second kappa shape index (κ2) is 19.3. The average Bonchev–Trinajstić information content (AvgIpc) is 3.75. The van der Waals surface area contributed by atoms with Crippen LogP contribution in [0.15, 0.2) is 60.7 Å². The molecule has 0 bridgehead atoms. The van der Waals surface area contributed by atoms with Gasteiger partial charge in [-0.2, -0.15) is 5.21 Å². The number of ether oxygens (including phenoxy) is 1. The molecule has 2 saturated carbocycles. The molecule has 3 aliphatic carbocycles. The largest absolute Gasteiger partial charge is 0.444 e. The fraction of sp³-hybridized carbons (Fsp3) is 0.533. The third-order valence-corrected chi connectivity index (χ3v) is 12.1. The van der Waals surface area contributed by atoms with E-state index in [0.29, 0.717) is 37.4 Å². The first-order chi connectivity index (χ1) is 28.6. The number of rotatable bonds is 13. The van der Waals surface area contributed by atoms with E-state index in [1.807, 2.05) is 64.1 Å². The van der Waals surface area contributed by atoms with E-state index in [1.54, 1.807) is 6.07 Å². The number of allylic oxidation sites excluding steroid dienone is 4. The Labute approximate surface area is 351 Å². The second-order valence-electron chi connectivity index (χ2n) is 17.9. The minimum absolute atomic E-state index is 0.0796. The molecule has 2 fully saturated rings. The maximum atomic E-state index is 15.3. The topological polar surface area (TPSA) is 183 Å². The van der Waals surface area contributed by atoms with E-state index in [-0.39, 0.29) is 53.2 Å². The number of tetrazole rings is 1. The highest BCUT2D eigenvalue weighted by Crippen LogP contribution is 2.40. The molecule has 5 N–H and O–H groups in total. The van der Waals surface area contributed by atoms with Crippen LogP contribution in [0.25, 0.3) is 11.4 Å². The monoisotopic (exact) mass is 825 g/mol. The molecule has 0 spiro atoms. The predicted octanol–water partition coefficient (Wildman–Crippen LogP) is 6.52. The van der Waals surface area contributed by atoms with Gasteiger partial charge in [0.2, 0.25) is 17.6 Å². The van der Waals surface area contributed by atoms with Crippen LogP contribution in [0, 0.1) is 24.6 Å². The van der Waals surface area contributed by atoms with Crippen LogP contribution in [0.4, 0.5) is 14.9 Å². The lowest BCUT2D eigenvalue weighted by Crippen LogP contribution is -2.50. The average molecular weight is 826 g/mol. The minimum Gasteiger partial charge on any atom is -0.444 e. The van der Waals surface area contributed by atoms with Gasteiger partial charge >= 0.3 is 6.09 Å². The maximum absolute atomic E-state index is 15.3. The molecule has 15 heteroatoms. The van der Waals surface area contributed by atoms with Gasteiger partial charge in [-0.1, -0.05) is 30.4 Å². The quantitative estimate of drug-likeness (QED) is 0.128. The predicted molar refractivity (Wildman–Crippen MR) is 227 cm³/mol. The fourth-order valence-corrected chi connectivity index (χ4v) is 8.81. The Hall–Kier alpha value is -5.44. The molecule has 60 heavy (non-hydrogen) atoms. The van der Waals surface area contributed by atoms with Crippen molar-refractivity contribution >= 4 is 29.5 Å². The highest BCUT2D eigenvalue weighted by Gasteiger charge is 2.39. The maximum Gasteiger partial charge on any atom is 0.407 e. The van der Waals surface area contributed by atoms with E-state index < -0.39 is 34.9 Å². The second-order valence-corrected chi connectivity index (χ2v) is 17.9. The Bertz CT molecular complexity index is 2050. The van der Waals surface area contributed by atoms with Crippen molar-refractivity contribution in [3.8, 4) is 11.4 Å². The van der Waals surface area contributed by atoms with Crippen molar-refractivity contribution in [3.63, 3.8) is 0 Å². The summed E-state index contributed by atoms with van der Waals surface area (Å²) in [7, 11) is 4.20. The Morgan fingerprint density at radius 1 is 0.983 bits per heavy atom. The molecule has 4 amide bonds. The van der Waals surface area contributed by atoms with E-state index >= 15 is 4.39 Å². The molecule has 2 aromatic carbocycles. The lowest BCUT2D eigenvalue weighted by molar-refractivity contribution is -0.130. The number of nitrogens with one attached hydrogen (secondary N) is 5. The number of carbonyl (C=O) groups excluding carboxylic acids is 4. The van der Waals surface area contributed by atoms with Gasteiger partial charge in [-0.15, -0.1) is 10.2 Å². The van der Waals surface area contributed by atoms with Gasteiger partial charge in [-0.3, -0.25) is 14.4 Å². The first-order valence-electron chi connectivity index (χ1n) is 21.1. The number of aromatic nitrogens is 4. The van der Waals surface area contributed by atoms with Crippen molar-refractivity contribution in [2.45, 2.75) is 121 Å². The lowest BCUT2D eigenvalue weighted by atomic mass is 9.69. The van der Waals surface area contributed by atoms with E-state index in [4.69, 9.17) is 4.74 Å². The lowest BCUT2D eigenvalue weighted by Gasteiger charge is -2.37. The number of H-pyrrole nitrogens is 1. The number of carbonyl (C=O) groups is 4. The van der Waals surface area contributed by atoms with Crippen molar-refractivity contribution in [1.29, 1.82) is 0 Å². The van der Waals surface area contributed by atoms with Crippen molar-refractivity contribution < 1.29 is 28.3 Å². The number of aromatic amines is 1. The molecule has 0 aliphatic heterocycles. The first-order valence-corrected chi connectivity index (χ1v) is 21.1. The minimum atomic E-state index is -1.01. The van der Waals surface area contributed by atoms with E-state index in [0.717, 1.165) is 49.7 Å². The Morgan fingerprint density at radius 3 is 2.35 bits per heavy atom. The van der Waals surface area contributed by atoms with Crippen molar-refractivity contribution in [1.82, 2.24) is 41.5 Å². The van der Waals surface area contributed by atoms with Crippen LogP contribution in [0.2, 0.25) is 0 Å². The third-order valence-electron chi connectivity index (χ3n) is 12.1. The molecule has 3 aromatic rings. The summed E-state index contributed by atoms with van der Waals surface area (Å²) in [6.07, 6.45) is 14.9. The van der Waals surface area contributed by atoms with Gasteiger partial charge in [0.15, 0.2) is 0 Å². The highest BCUT2D eigenvalue weighted by atomic mass is 19.1. The van der Waals surface area contributed by atoms with Gasteiger partial charge < -0.3 is 30.9 Å². The van der Waals surface area contributed by atoms with Crippen LogP contribution in [0.5, 0.6) is 0 Å². The van der Waals surface area contributed by atoms with Crippen LogP contribution < -0.4 is 21.3 Å². The zero-order valence-corrected chi connectivity index (χ0v) is 35.6. The molecule has 0 saturated heterocycles. The number of anilines is 1. The molecule has 6 rings (SSSR count). The molecule has 2 atom stereocenters. The number of amides is 4. The van der Waals surface area contributed by atoms with E-state index in [9.17, 15) is 19.2 Å². The molecule has 1 unspecified atom stereocenters. The highest BCUT2D eigenvalue weighted by molar-refractivity contribution is 5.98. The van der Waals surface area contributed by atoms with Crippen LogP contribution in [0.3, 0.4) is 0 Å². The van der Waals surface area contributed by atoms with Gasteiger partial charge in [0.1, 0.15) is 17.5 Å². The zero-order chi connectivity index (χ0) is 43.0. The Morgan fingerprint density at radius 2 is 1.73 bits per heavy atom. The third kappa shape index (κ3) is 11.4. The van der Waals surface area contributed by atoms with E-state index in [1.165, 1.54) is 12.1 Å². The summed E-state index contributed by atoms with van der Waals surface area (Å²) in [4.78, 5) is 56.4. The number of hydrogen-bond acceptors (Lipinski definition) is 9. The van der Waals surface area contributed by atoms with Crippen LogP contribution >= 0.6 is 0 Å². The fourth-order valence-electron chi connectivity index (χ4n) is 8.81. The molecule has 1 heterocycles. The number of nitrogens with zero attached hydrogens (tertiary/aromatic N) is 4. The Balaban J connectivity index is 1.19. The SMILES string of the molecule is Cc1cc(C(=O)NC2CCC(N(C)C)CC2)ccc1C1(C[C@H](NC(=O)C2CCC(CNC(=O)OC(C)(C)C)CC2)C(=O)Nc2ccc(-c3nn[nH]n3)c(F)c2)C=CC=CC1. The number of alkyl carbamates (subject to hydrolysis) is 1. The normalized spacial score (nSPS) is 23.4. The number of halogens is 1. The Kier molecular flexibility index (Phi) is 14.2. The van der Waals surface area contributed by atoms with Gasteiger partial charge in [-0.05, 0) is 159 Å². The van der Waals surface area contributed by atoms with Crippen molar-refractivity contribution in [2.75, 3.05) is 26.0 Å². The number of aryl methyl sites for hydroxylation is 1. The smallest absolute Gasteiger partial charge is 0.407 e. The van der Waals surface area contributed by atoms with Crippen LogP contribution in [0.1, 0.15) is 106 Å². The summed E-state index contributed by atoms with van der Waals surface area (Å²) in [6.45, 7) is 7.87.